The highest BCUT2D eigenvalue weighted by molar-refractivity contribution is 8.26. The Bertz CT molecular complexity index is 1380. The molecule has 0 saturated carbocycles. The quantitative estimate of drug-likeness (QED) is 0.356. The number of carbonyl (C=O) groups is 1. The van der Waals surface area contributed by atoms with Crippen molar-refractivity contribution < 1.29 is 17.6 Å². The van der Waals surface area contributed by atoms with Crippen molar-refractivity contribution >= 4 is 61.3 Å². The van der Waals surface area contributed by atoms with Crippen molar-refractivity contribution in [1.29, 1.82) is 0 Å². The molecule has 0 spiro atoms. The number of hydrogen-bond donors (Lipinski definition) is 2. The van der Waals surface area contributed by atoms with Crippen LogP contribution in [0.3, 0.4) is 0 Å². The molecule has 150 valence electrons. The molecule has 3 aromatic rings. The highest BCUT2D eigenvalue weighted by atomic mass is 32.2. The Morgan fingerprint density at radius 1 is 1.23 bits per heavy atom. The van der Waals surface area contributed by atoms with Crippen molar-refractivity contribution in [3.8, 4) is 11.8 Å². The molecule has 1 aromatic carbocycles. The van der Waals surface area contributed by atoms with Crippen molar-refractivity contribution in [2.24, 2.45) is 0 Å². The minimum absolute atomic E-state index is 0.163. The molecule has 30 heavy (non-hydrogen) atoms. The molecule has 4 rings (SSSR count). The van der Waals surface area contributed by atoms with Gasteiger partial charge < -0.3 is 9.73 Å². The average Bonchev–Trinajstić information content (AvgIpc) is 3.28. The van der Waals surface area contributed by atoms with Gasteiger partial charge in [0.05, 0.1) is 15.4 Å². The number of amides is 1. The number of thiocarbonyl (C=S) groups is 1. The highest BCUT2D eigenvalue weighted by Crippen LogP contribution is 2.29. The Morgan fingerprint density at radius 3 is 2.67 bits per heavy atom. The monoisotopic (exact) mass is 455 g/mol. The zero-order chi connectivity index (χ0) is 21.3. The van der Waals surface area contributed by atoms with E-state index in [9.17, 15) is 13.2 Å². The third kappa shape index (κ3) is 4.15. The fourth-order valence-electron chi connectivity index (χ4n) is 2.67. The summed E-state index contributed by atoms with van der Waals surface area (Å²) < 4.78 is 32.1. The van der Waals surface area contributed by atoms with E-state index in [1.165, 1.54) is 30.9 Å². The van der Waals surface area contributed by atoms with Crippen LogP contribution >= 0.6 is 24.0 Å². The van der Waals surface area contributed by atoms with Crippen molar-refractivity contribution in [1.82, 2.24) is 15.0 Å². The number of benzene rings is 1. The summed E-state index contributed by atoms with van der Waals surface area (Å²) in [5.41, 5.74) is 1.76. The average molecular weight is 456 g/mol. The fraction of sp³-hybridized carbons (Fsp3) is 0.0500. The van der Waals surface area contributed by atoms with Crippen LogP contribution in [0.4, 0.5) is 0 Å². The lowest BCUT2D eigenvalue weighted by Crippen LogP contribution is -2.18. The maximum absolute atomic E-state index is 11.8. The second-order valence-corrected chi connectivity index (χ2v) is 9.69. The fourth-order valence-corrected chi connectivity index (χ4v) is 4.42. The van der Waals surface area contributed by atoms with E-state index in [1.54, 1.807) is 36.7 Å². The summed E-state index contributed by atoms with van der Waals surface area (Å²) in [6.07, 6.45) is 4.86. The molecule has 0 atom stereocenters. The molecule has 2 aromatic heterocycles. The van der Waals surface area contributed by atoms with E-state index in [0.717, 1.165) is 5.39 Å². The van der Waals surface area contributed by atoms with E-state index in [2.05, 4.69) is 26.9 Å². The van der Waals surface area contributed by atoms with E-state index in [0.29, 0.717) is 31.7 Å². The SMILES string of the molecule is CNS(=O)(=O)c1ccc(C#Cc2cncc3cc(C=C4SC(=S)NC4=O)oc23)cc1. The molecule has 1 amide bonds. The molecule has 10 heteroatoms. The molecule has 1 fully saturated rings. The first-order valence-electron chi connectivity index (χ1n) is 8.54. The minimum Gasteiger partial charge on any atom is -0.455 e. The van der Waals surface area contributed by atoms with Crippen LogP contribution in [0.1, 0.15) is 16.9 Å². The van der Waals surface area contributed by atoms with Gasteiger partial charge in [-0.1, -0.05) is 35.8 Å². The summed E-state index contributed by atoms with van der Waals surface area (Å²) in [7, 11) is -2.13. The summed E-state index contributed by atoms with van der Waals surface area (Å²) in [5.74, 6) is 6.21. The molecular weight excluding hydrogens is 442 g/mol. The van der Waals surface area contributed by atoms with Gasteiger partial charge in [-0.05, 0) is 37.4 Å². The number of pyridine rings is 1. The van der Waals surface area contributed by atoms with Crippen molar-refractivity contribution in [3.63, 3.8) is 0 Å². The highest BCUT2D eigenvalue weighted by Gasteiger charge is 2.22. The van der Waals surface area contributed by atoms with Crippen LogP contribution in [0.15, 0.2) is 56.9 Å². The number of nitrogens with one attached hydrogen (secondary N) is 2. The zero-order valence-corrected chi connectivity index (χ0v) is 17.9. The van der Waals surface area contributed by atoms with Gasteiger partial charge in [-0.15, -0.1) is 0 Å². The van der Waals surface area contributed by atoms with Crippen LogP contribution in [-0.2, 0) is 14.8 Å². The molecule has 7 nitrogen and oxygen atoms in total. The molecule has 1 aliphatic heterocycles. The largest absolute Gasteiger partial charge is 0.455 e. The van der Waals surface area contributed by atoms with Gasteiger partial charge in [-0.2, -0.15) is 0 Å². The Kier molecular flexibility index (Phi) is 5.44. The number of sulfonamides is 1. The second-order valence-electron chi connectivity index (χ2n) is 6.09. The first-order chi connectivity index (χ1) is 14.4. The lowest BCUT2D eigenvalue weighted by molar-refractivity contribution is -0.115. The first-order valence-corrected chi connectivity index (χ1v) is 11.2. The number of furan rings is 1. The predicted molar refractivity (Wildman–Crippen MR) is 119 cm³/mol. The molecule has 2 N–H and O–H groups in total. The first kappa shape index (κ1) is 20.3. The summed E-state index contributed by atoms with van der Waals surface area (Å²) in [5, 5.41) is 3.30. The van der Waals surface area contributed by atoms with Gasteiger partial charge in [0, 0.05) is 29.4 Å². The number of aromatic nitrogens is 1. The van der Waals surface area contributed by atoms with E-state index < -0.39 is 10.0 Å². The van der Waals surface area contributed by atoms with Gasteiger partial charge >= 0.3 is 0 Å². The Labute approximate surface area is 182 Å². The van der Waals surface area contributed by atoms with Crippen LogP contribution in [0, 0.1) is 11.8 Å². The minimum atomic E-state index is -3.49. The van der Waals surface area contributed by atoms with Gasteiger partial charge in [-0.3, -0.25) is 9.78 Å². The van der Waals surface area contributed by atoms with Crippen LogP contribution in [0.25, 0.3) is 17.0 Å². The van der Waals surface area contributed by atoms with Gasteiger partial charge in [0.25, 0.3) is 5.91 Å². The lowest BCUT2D eigenvalue weighted by atomic mass is 10.2. The predicted octanol–water partition coefficient (Wildman–Crippen LogP) is 2.62. The van der Waals surface area contributed by atoms with Crippen LogP contribution in [-0.4, -0.2) is 30.7 Å². The van der Waals surface area contributed by atoms with Crippen LogP contribution < -0.4 is 10.0 Å². The maximum Gasteiger partial charge on any atom is 0.263 e. The zero-order valence-electron chi connectivity index (χ0n) is 15.4. The van der Waals surface area contributed by atoms with Gasteiger partial charge in [0.2, 0.25) is 10.0 Å². The standard InChI is InChI=1S/C20H13N3O4S3/c1-21-30(25,26)16-6-3-12(4-7-16)2-5-13-10-22-11-14-8-15(27-18(13)14)9-17-19(24)23-20(28)29-17/h3-4,6-11,21H,1H3,(H,23,24,28). The second kappa shape index (κ2) is 8.04. The summed E-state index contributed by atoms with van der Waals surface area (Å²) >= 11 is 6.16. The molecule has 0 aliphatic carbocycles. The van der Waals surface area contributed by atoms with Crippen molar-refractivity contribution in [2.75, 3.05) is 7.05 Å². The Balaban J connectivity index is 1.65. The van der Waals surface area contributed by atoms with Gasteiger partial charge in [0.1, 0.15) is 10.1 Å². The van der Waals surface area contributed by atoms with Crippen molar-refractivity contribution in [2.45, 2.75) is 4.90 Å². The van der Waals surface area contributed by atoms with E-state index in [-0.39, 0.29) is 10.8 Å². The molecular formula is C20H13N3O4S3. The molecule has 0 radical (unpaired) electrons. The normalized spacial score (nSPS) is 15.3. The molecule has 1 saturated heterocycles. The van der Waals surface area contributed by atoms with E-state index >= 15 is 0 Å². The van der Waals surface area contributed by atoms with Crippen LogP contribution in [0.5, 0.6) is 0 Å². The van der Waals surface area contributed by atoms with Crippen LogP contribution in [0.2, 0.25) is 0 Å². The molecule has 0 unspecified atom stereocenters. The third-order valence-electron chi connectivity index (χ3n) is 4.13. The summed E-state index contributed by atoms with van der Waals surface area (Å²) in [6, 6.07) is 8.00. The number of fused-ring (bicyclic) bond motifs is 1. The molecule has 0 bridgehead atoms. The number of nitrogens with zero attached hydrogens (tertiary/aromatic N) is 1. The topological polar surface area (TPSA) is 101 Å². The number of thioether (sulfide) groups is 1. The lowest BCUT2D eigenvalue weighted by Gasteiger charge is -2.01. The maximum atomic E-state index is 11.8. The number of carbonyl (C=O) groups excluding carboxylic acids is 1. The number of rotatable bonds is 3. The Morgan fingerprint density at radius 2 is 2.00 bits per heavy atom. The van der Waals surface area contributed by atoms with Crippen molar-refractivity contribution in [3.05, 3.63) is 64.5 Å². The number of hydrogen-bond acceptors (Lipinski definition) is 7. The van der Waals surface area contributed by atoms with Gasteiger partial charge in [-0.25, -0.2) is 13.1 Å². The van der Waals surface area contributed by atoms with E-state index in [1.807, 2.05) is 0 Å². The summed E-state index contributed by atoms with van der Waals surface area (Å²) in [6.45, 7) is 0. The smallest absolute Gasteiger partial charge is 0.263 e. The van der Waals surface area contributed by atoms with E-state index in [4.69, 9.17) is 16.6 Å². The van der Waals surface area contributed by atoms with Gasteiger partial charge in [0.15, 0.2) is 5.58 Å². The Hall–Kier alpha value is -2.97. The molecule has 1 aliphatic rings. The summed E-state index contributed by atoms with van der Waals surface area (Å²) in [4.78, 5) is 16.6. The third-order valence-corrected chi connectivity index (χ3v) is 6.72. The molecule has 3 heterocycles.